The van der Waals surface area contributed by atoms with E-state index in [1.54, 1.807) is 60.9 Å². The van der Waals surface area contributed by atoms with Crippen molar-refractivity contribution >= 4 is 103 Å². The van der Waals surface area contributed by atoms with Gasteiger partial charge in [0.05, 0.1) is 38.0 Å². The molecular formula is C70H50CuN2O4P2+2. The van der Waals surface area contributed by atoms with E-state index in [0.29, 0.717) is 0 Å². The second-order valence-corrected chi connectivity index (χ2v) is 23.9. The first kappa shape index (κ1) is 52.1. The molecular weight excluding hydrogens is 1060 g/mol. The number of aromatic carboxylic acids is 2. The fourth-order valence-electron chi connectivity index (χ4n) is 10.6. The van der Waals surface area contributed by atoms with Crippen LogP contribution in [0, 0.1) is 0 Å². The fraction of sp³-hybridized carbons (Fsp3) is 0. The van der Waals surface area contributed by atoms with Crippen LogP contribution in [0.1, 0.15) is 20.7 Å². The molecule has 383 valence electrons. The summed E-state index contributed by atoms with van der Waals surface area (Å²) in [6, 6.07) is 93.6. The van der Waals surface area contributed by atoms with Crippen LogP contribution in [0.2, 0.25) is 0 Å². The van der Waals surface area contributed by atoms with Gasteiger partial charge in [-0.3, -0.25) is 9.97 Å². The Morgan fingerprint density at radius 3 is 0.949 bits per heavy atom. The maximum absolute atomic E-state index is 11.1. The molecule has 1 radical (unpaired) electrons. The first-order valence-electron chi connectivity index (χ1n) is 25.7. The summed E-state index contributed by atoms with van der Waals surface area (Å²) in [5.74, 6) is -1.91. The molecule has 0 aliphatic rings. The number of benzene rings is 11. The Morgan fingerprint density at radius 2 is 0.620 bits per heavy atom. The Hall–Kier alpha value is -8.92. The molecule has 11 aromatic carbocycles. The predicted octanol–water partition coefficient (Wildman–Crippen LogP) is 14.2. The number of carbonyl (C=O) groups is 2. The summed E-state index contributed by atoms with van der Waals surface area (Å²) in [5.41, 5.74) is 8.35. The van der Waals surface area contributed by atoms with E-state index in [2.05, 4.69) is 204 Å². The standard InChI is InChI=1S/C44H32P2.C26H16N2O4.Cu/c1-5-19-35(20-6-1)45(36-21-7-2-8-22-36)41-31-29-33-17-13-15-27-39(33)43(41)44-40-28-16-14-18-34(40)30-32-42(44)46(37-23-9-3-10-24-37)38-25-11-4-12-26-38;29-25(30)17-5-1-15(2-6-17)21-11-19-9-10-20-12-22(14-28-24(20)23(19)27-13-21)16-3-7-18(8-4-16)26(31)32;/h1-32H;1-14H,(H,29,30)(H,31,32);/p+2. The van der Waals surface area contributed by atoms with Crippen molar-refractivity contribution in [1.82, 2.24) is 9.97 Å². The first-order valence-corrected chi connectivity index (χ1v) is 28.7. The molecule has 0 unspecified atom stereocenters. The molecule has 0 bridgehead atoms. The van der Waals surface area contributed by atoms with Gasteiger partial charge in [-0.05, 0) is 130 Å². The summed E-state index contributed by atoms with van der Waals surface area (Å²) >= 11 is 0. The first-order chi connectivity index (χ1) is 38.4. The molecule has 0 fully saturated rings. The molecule has 0 aliphatic heterocycles. The zero-order valence-electron chi connectivity index (χ0n) is 42.5. The van der Waals surface area contributed by atoms with E-state index >= 15 is 0 Å². The smallest absolute Gasteiger partial charge is 0.335 e. The van der Waals surface area contributed by atoms with Crippen molar-refractivity contribution in [2.45, 2.75) is 0 Å². The van der Waals surface area contributed by atoms with Crippen LogP contribution in [0.25, 0.3) is 76.7 Å². The van der Waals surface area contributed by atoms with Gasteiger partial charge in [-0.25, -0.2) is 9.59 Å². The number of fused-ring (bicyclic) bond motifs is 5. The molecule has 13 aromatic rings. The quantitative estimate of drug-likeness (QED) is 0.0760. The number of nitrogens with zero attached hydrogens (tertiary/aromatic N) is 2. The average Bonchev–Trinajstić information content (AvgIpc) is 3.53. The predicted molar refractivity (Wildman–Crippen MR) is 329 cm³/mol. The summed E-state index contributed by atoms with van der Waals surface area (Å²) in [6.07, 6.45) is 3.52. The van der Waals surface area contributed by atoms with Crippen LogP contribution in [-0.4, -0.2) is 32.1 Å². The molecule has 9 heteroatoms. The molecule has 6 nitrogen and oxygen atoms in total. The molecule has 2 aromatic heterocycles. The van der Waals surface area contributed by atoms with Crippen LogP contribution in [0.3, 0.4) is 0 Å². The summed E-state index contributed by atoms with van der Waals surface area (Å²) < 4.78 is 0. The van der Waals surface area contributed by atoms with Gasteiger partial charge in [-0.1, -0.05) is 170 Å². The van der Waals surface area contributed by atoms with Crippen molar-refractivity contribution < 1.29 is 36.9 Å². The third-order valence-corrected chi connectivity index (χ3v) is 19.9. The van der Waals surface area contributed by atoms with E-state index in [-0.39, 0.29) is 28.2 Å². The van der Waals surface area contributed by atoms with Crippen LogP contribution in [0.4, 0.5) is 0 Å². The van der Waals surface area contributed by atoms with Gasteiger partial charge in [0.1, 0.15) is 31.8 Å². The van der Waals surface area contributed by atoms with Crippen molar-refractivity contribution in [3.8, 4) is 33.4 Å². The number of rotatable bonds is 11. The van der Waals surface area contributed by atoms with Crippen molar-refractivity contribution in [2.75, 3.05) is 0 Å². The van der Waals surface area contributed by atoms with E-state index in [1.807, 2.05) is 24.3 Å². The Morgan fingerprint density at radius 1 is 0.316 bits per heavy atom. The van der Waals surface area contributed by atoms with Gasteiger partial charge in [0, 0.05) is 62.5 Å². The van der Waals surface area contributed by atoms with Gasteiger partial charge in [-0.15, -0.1) is 0 Å². The normalized spacial score (nSPS) is 11.1. The molecule has 0 amide bonds. The molecule has 0 saturated heterocycles. The van der Waals surface area contributed by atoms with Gasteiger partial charge >= 0.3 is 11.9 Å². The van der Waals surface area contributed by atoms with Crippen molar-refractivity contribution in [2.24, 2.45) is 0 Å². The molecule has 0 spiro atoms. The van der Waals surface area contributed by atoms with Crippen molar-refractivity contribution in [1.29, 1.82) is 0 Å². The number of carboxylic acids is 2. The fourth-order valence-corrected chi connectivity index (χ4v) is 16.1. The number of carboxylic acid groups (broad SMARTS) is 2. The number of hydrogen-bond donors (Lipinski definition) is 2. The second kappa shape index (κ2) is 23.4. The summed E-state index contributed by atoms with van der Waals surface area (Å²) in [6.45, 7) is 0. The molecule has 0 saturated carbocycles. The summed E-state index contributed by atoms with van der Waals surface area (Å²) in [7, 11) is -2.74. The van der Waals surface area contributed by atoms with E-state index < -0.39 is 27.8 Å². The summed E-state index contributed by atoms with van der Waals surface area (Å²) in [4.78, 5) is 31.4. The van der Waals surface area contributed by atoms with Crippen LogP contribution >= 0.6 is 15.8 Å². The third-order valence-electron chi connectivity index (χ3n) is 14.3. The number of pyridine rings is 2. The molecule has 0 aliphatic carbocycles. The Kier molecular flexibility index (Phi) is 15.4. The number of hydrogen-bond acceptors (Lipinski definition) is 4. The maximum atomic E-state index is 11.1. The SMILES string of the molecule is O=C(O)c1ccc(-c2cnc3c(ccc4cc(-c5ccc(C(=O)O)cc5)cnc43)c2)cc1.[Cu].c1ccc([PH+](c2ccccc2)c2ccc3ccccc3c2-c2c([PH+](c3ccccc3)c3ccccc3)ccc3ccccc23)cc1. The van der Waals surface area contributed by atoms with E-state index in [0.717, 1.165) is 44.1 Å². The van der Waals surface area contributed by atoms with Crippen molar-refractivity contribution in [3.63, 3.8) is 0 Å². The van der Waals surface area contributed by atoms with E-state index in [9.17, 15) is 9.59 Å². The second-order valence-electron chi connectivity index (χ2n) is 19.1. The topological polar surface area (TPSA) is 100 Å². The van der Waals surface area contributed by atoms with Crippen molar-refractivity contribution in [3.05, 3.63) is 290 Å². The zero-order chi connectivity index (χ0) is 53.0. The van der Waals surface area contributed by atoms with Gasteiger partial charge in [0.25, 0.3) is 0 Å². The molecule has 2 heterocycles. The minimum absolute atomic E-state index is 0. The zero-order valence-corrected chi connectivity index (χ0v) is 45.4. The van der Waals surface area contributed by atoms with Gasteiger partial charge < -0.3 is 10.2 Å². The van der Waals surface area contributed by atoms with Crippen LogP contribution in [0.15, 0.2) is 279 Å². The minimum atomic E-state index is -1.37. The van der Waals surface area contributed by atoms with Crippen LogP contribution < -0.4 is 31.8 Å². The van der Waals surface area contributed by atoms with Gasteiger partial charge in [0.15, 0.2) is 0 Å². The Balaban J connectivity index is 0.000000176. The molecule has 13 rings (SSSR count). The maximum Gasteiger partial charge on any atom is 0.335 e. The Labute approximate surface area is 470 Å². The third kappa shape index (κ3) is 10.7. The largest absolute Gasteiger partial charge is 0.478 e. The van der Waals surface area contributed by atoms with E-state index in [4.69, 9.17) is 10.2 Å². The van der Waals surface area contributed by atoms with Crippen LogP contribution in [0.5, 0.6) is 0 Å². The average molecular weight is 1110 g/mol. The number of aromatic nitrogens is 2. The van der Waals surface area contributed by atoms with Gasteiger partial charge in [-0.2, -0.15) is 0 Å². The molecule has 79 heavy (non-hydrogen) atoms. The minimum Gasteiger partial charge on any atom is -0.478 e. The van der Waals surface area contributed by atoms with Gasteiger partial charge in [0.2, 0.25) is 0 Å². The Bertz CT molecular complexity index is 3960. The molecule has 2 N–H and O–H groups in total. The monoisotopic (exact) mass is 1110 g/mol. The molecule has 0 atom stereocenters. The van der Waals surface area contributed by atoms with E-state index in [1.165, 1.54) is 64.5 Å². The van der Waals surface area contributed by atoms with Crippen LogP contribution in [-0.2, 0) is 17.1 Å². The summed E-state index contributed by atoms with van der Waals surface area (Å²) in [5, 5.41) is 33.6.